The minimum atomic E-state index is -0.406. The van der Waals surface area contributed by atoms with E-state index in [2.05, 4.69) is 26.2 Å². The lowest BCUT2D eigenvalue weighted by Gasteiger charge is -2.21. The standard InChI is InChI=1S/C6H14N6/c1-6(2,3)4-9-11-5(8-7)12-10-4/h5,8,11H,7H2,1-3H3/i7+1,8+1. The number of nitrogens with one attached hydrogen (secondary N) is 2. The summed E-state index contributed by atoms with van der Waals surface area (Å²) in [6.45, 7) is 6.05. The topological polar surface area (TPSA) is 87.2 Å². The second-order valence-electron chi connectivity index (χ2n) is 3.60. The van der Waals surface area contributed by atoms with Crippen LogP contribution in [0.3, 0.4) is 0 Å². The Morgan fingerprint density at radius 2 is 2.17 bits per heavy atom. The Bertz CT molecular complexity index is 213. The zero-order chi connectivity index (χ0) is 9.19. The van der Waals surface area contributed by atoms with Gasteiger partial charge in [-0.25, -0.2) is 5.43 Å². The van der Waals surface area contributed by atoms with E-state index in [1.165, 1.54) is 0 Å². The van der Waals surface area contributed by atoms with Gasteiger partial charge in [0, 0.05) is 5.41 Å². The summed E-state index contributed by atoms with van der Waals surface area (Å²) >= 11 is 0. The highest BCUT2D eigenvalue weighted by atomic mass is 16.2. The molecule has 0 aromatic rings. The summed E-state index contributed by atoms with van der Waals surface area (Å²) in [5.74, 6) is 5.80. The average molecular weight is 172 g/mol. The third-order valence-electron chi connectivity index (χ3n) is 1.39. The van der Waals surface area contributed by atoms with Crippen molar-refractivity contribution in [2.24, 2.45) is 26.6 Å². The molecule has 1 heterocycles. The second kappa shape index (κ2) is 3.16. The average Bonchev–Trinajstić information content (AvgIpc) is 2.03. The highest BCUT2D eigenvalue weighted by molar-refractivity contribution is 5.87. The van der Waals surface area contributed by atoms with Crippen molar-refractivity contribution >= 4 is 5.84 Å². The maximum atomic E-state index is 5.12. The number of azo groups is 1. The molecule has 0 aliphatic carbocycles. The van der Waals surface area contributed by atoms with E-state index in [-0.39, 0.29) is 5.41 Å². The van der Waals surface area contributed by atoms with Crippen molar-refractivity contribution in [3.8, 4) is 0 Å². The first-order valence-electron chi connectivity index (χ1n) is 3.75. The van der Waals surface area contributed by atoms with Gasteiger partial charge in [-0.3, -0.25) is 11.3 Å². The minimum absolute atomic E-state index is 0.0872. The number of amidine groups is 1. The fourth-order valence-electron chi connectivity index (χ4n) is 0.671. The molecule has 0 radical (unpaired) electrons. The van der Waals surface area contributed by atoms with Crippen LogP contribution >= 0.6 is 0 Å². The monoisotopic (exact) mass is 172 g/mol. The number of nitrogens with two attached hydrogens (primary N) is 1. The number of hydrazone groups is 1. The summed E-state index contributed by atoms with van der Waals surface area (Å²) < 4.78 is 0. The third kappa shape index (κ3) is 1.99. The van der Waals surface area contributed by atoms with E-state index >= 15 is 0 Å². The van der Waals surface area contributed by atoms with Gasteiger partial charge in [-0.15, -0.1) is 10.2 Å². The molecule has 68 valence electrons. The van der Waals surface area contributed by atoms with E-state index in [4.69, 9.17) is 5.84 Å². The highest BCUT2D eigenvalue weighted by Crippen LogP contribution is 2.18. The summed E-state index contributed by atoms with van der Waals surface area (Å²) in [6, 6.07) is 0. The number of hydrogen-bond donors (Lipinski definition) is 3. The minimum Gasteiger partial charge on any atom is -0.268 e. The van der Waals surface area contributed by atoms with Crippen LogP contribution in [0.4, 0.5) is 0 Å². The predicted octanol–water partition coefficient (Wildman–Crippen LogP) is 0.148. The predicted molar refractivity (Wildman–Crippen MR) is 46.0 cm³/mol. The molecule has 1 rings (SSSR count). The van der Waals surface area contributed by atoms with Crippen LogP contribution in [-0.4, -0.2) is 12.1 Å². The van der Waals surface area contributed by atoms with Crippen molar-refractivity contribution in [1.29, 1.82) is 0 Å². The Morgan fingerprint density at radius 3 is 2.50 bits per heavy atom. The van der Waals surface area contributed by atoms with Crippen LogP contribution in [0.2, 0.25) is 0 Å². The molecular weight excluding hydrogens is 158 g/mol. The van der Waals surface area contributed by atoms with Crippen molar-refractivity contribution in [2.75, 3.05) is 0 Å². The van der Waals surface area contributed by atoms with Crippen LogP contribution in [0.25, 0.3) is 0 Å². The van der Waals surface area contributed by atoms with Crippen LogP contribution in [0.15, 0.2) is 15.3 Å². The van der Waals surface area contributed by atoms with Gasteiger partial charge in [0.25, 0.3) is 0 Å². The van der Waals surface area contributed by atoms with E-state index in [1.54, 1.807) is 0 Å². The largest absolute Gasteiger partial charge is 0.268 e. The molecule has 1 aliphatic heterocycles. The van der Waals surface area contributed by atoms with Crippen molar-refractivity contribution in [2.45, 2.75) is 27.1 Å². The van der Waals surface area contributed by atoms with Crippen LogP contribution < -0.4 is 16.7 Å². The van der Waals surface area contributed by atoms with Gasteiger partial charge < -0.3 is 0 Å². The fraction of sp³-hybridized carbons (Fsp3) is 0.833. The zero-order valence-corrected chi connectivity index (χ0v) is 7.50. The summed E-state index contributed by atoms with van der Waals surface area (Å²) in [5, 5.41) is 11.8. The first-order chi connectivity index (χ1) is 5.54. The molecule has 0 spiro atoms. The first-order valence-corrected chi connectivity index (χ1v) is 3.75. The van der Waals surface area contributed by atoms with Crippen LogP contribution in [0.1, 0.15) is 20.8 Å². The SMILES string of the molecule is CC(C)(C)C1=NNC([15NH][15NH2])N=N1. The van der Waals surface area contributed by atoms with Gasteiger partial charge in [-0.05, 0) is 0 Å². The Hall–Kier alpha value is -1.01. The van der Waals surface area contributed by atoms with Gasteiger partial charge in [0.2, 0.25) is 6.29 Å². The lowest BCUT2D eigenvalue weighted by Crippen LogP contribution is -2.45. The maximum absolute atomic E-state index is 5.12. The molecule has 6 heteroatoms. The van der Waals surface area contributed by atoms with Crippen molar-refractivity contribution < 1.29 is 0 Å². The summed E-state index contributed by atoms with van der Waals surface area (Å²) in [5.41, 5.74) is 5.03. The molecule has 0 amide bonds. The molecule has 12 heavy (non-hydrogen) atoms. The van der Waals surface area contributed by atoms with Crippen molar-refractivity contribution in [3.63, 3.8) is 0 Å². The normalized spacial score (nSPS) is 23.3. The van der Waals surface area contributed by atoms with Crippen molar-refractivity contribution in [3.05, 3.63) is 0 Å². The van der Waals surface area contributed by atoms with Crippen molar-refractivity contribution in [1.82, 2.24) is 10.9 Å². The zero-order valence-electron chi connectivity index (χ0n) is 7.50. The molecule has 1 unspecified atom stereocenters. The maximum Gasteiger partial charge on any atom is 0.220 e. The molecule has 0 aromatic heterocycles. The van der Waals surface area contributed by atoms with E-state index in [1.807, 2.05) is 20.8 Å². The molecule has 1 aliphatic rings. The van der Waals surface area contributed by atoms with Gasteiger partial charge in [-0.2, -0.15) is 5.10 Å². The fourth-order valence-corrected chi connectivity index (χ4v) is 0.671. The van der Waals surface area contributed by atoms with Gasteiger partial charge in [0.15, 0.2) is 5.84 Å². The Balaban J connectivity index is 2.64. The molecule has 6 nitrogen and oxygen atoms in total. The second-order valence-corrected chi connectivity index (χ2v) is 3.60. The molecule has 4 N–H and O–H groups in total. The van der Waals surface area contributed by atoms with Gasteiger partial charge in [0.05, 0.1) is 0 Å². The molecule has 0 fully saturated rings. The number of rotatable bonds is 1. The molecular formula is C6H14N6. The van der Waals surface area contributed by atoms with Crippen LogP contribution in [0, 0.1) is 5.41 Å². The quantitative estimate of drug-likeness (QED) is 0.299. The summed E-state index contributed by atoms with van der Waals surface area (Å²) in [7, 11) is 0. The van der Waals surface area contributed by atoms with E-state index in [9.17, 15) is 0 Å². The van der Waals surface area contributed by atoms with E-state index in [0.717, 1.165) is 0 Å². The number of hydrogen-bond acceptors (Lipinski definition) is 6. The first kappa shape index (κ1) is 9.08. The Morgan fingerprint density at radius 1 is 1.50 bits per heavy atom. The lowest BCUT2D eigenvalue weighted by atomic mass is 9.95. The smallest absolute Gasteiger partial charge is 0.220 e. The third-order valence-corrected chi connectivity index (χ3v) is 1.39. The molecule has 0 saturated carbocycles. The molecule has 0 aromatic carbocycles. The summed E-state index contributed by atoms with van der Waals surface area (Å²) in [6.07, 6.45) is -0.406. The Kier molecular flexibility index (Phi) is 2.39. The van der Waals surface area contributed by atoms with Crippen LogP contribution in [-0.2, 0) is 0 Å². The van der Waals surface area contributed by atoms with E-state index < -0.39 is 6.29 Å². The molecule has 1 atom stereocenters. The molecule has 0 bridgehead atoms. The lowest BCUT2D eigenvalue weighted by molar-refractivity contribution is 0.421. The van der Waals surface area contributed by atoms with Gasteiger partial charge in [-0.1, -0.05) is 20.8 Å². The van der Waals surface area contributed by atoms with Crippen LogP contribution in [0.5, 0.6) is 0 Å². The Labute approximate surface area is 71.3 Å². The summed E-state index contributed by atoms with van der Waals surface area (Å²) in [4.78, 5) is 0. The molecule has 0 saturated heterocycles. The van der Waals surface area contributed by atoms with Gasteiger partial charge in [0.1, 0.15) is 0 Å². The van der Waals surface area contributed by atoms with E-state index in [0.29, 0.717) is 5.84 Å². The number of nitrogens with zero attached hydrogens (tertiary/aromatic N) is 3. The number of hydrazine groups is 1. The van der Waals surface area contributed by atoms with Gasteiger partial charge >= 0.3 is 0 Å². The highest BCUT2D eigenvalue weighted by Gasteiger charge is 2.22.